The van der Waals surface area contributed by atoms with E-state index < -0.39 is 0 Å². The van der Waals surface area contributed by atoms with Gasteiger partial charge in [0, 0.05) is 19.3 Å². The molecule has 0 fully saturated rings. The quantitative estimate of drug-likeness (QED) is 0.624. The fraction of sp³-hybridized carbons (Fsp3) is 0.227. The van der Waals surface area contributed by atoms with E-state index >= 15 is 0 Å². The summed E-state index contributed by atoms with van der Waals surface area (Å²) in [7, 11) is 3.37. The van der Waals surface area contributed by atoms with E-state index in [1.165, 1.54) is 11.1 Å². The van der Waals surface area contributed by atoms with E-state index in [0.717, 1.165) is 36.0 Å². The Kier molecular flexibility index (Phi) is 5.74. The molecule has 134 valence electrons. The van der Waals surface area contributed by atoms with Crippen molar-refractivity contribution in [2.75, 3.05) is 19.1 Å². The first-order valence-electron chi connectivity index (χ1n) is 8.62. The number of ether oxygens (including phenoxy) is 2. The second kappa shape index (κ2) is 8.39. The minimum atomic E-state index is 0.772. The van der Waals surface area contributed by atoms with E-state index in [1.54, 1.807) is 14.2 Å². The summed E-state index contributed by atoms with van der Waals surface area (Å²) < 4.78 is 10.5. The molecular formula is C22H24N2O2. The van der Waals surface area contributed by atoms with Crippen LogP contribution < -0.4 is 14.4 Å². The number of hydrogen-bond donors (Lipinski definition) is 0. The molecular weight excluding hydrogens is 324 g/mol. The van der Waals surface area contributed by atoms with E-state index in [-0.39, 0.29) is 0 Å². The molecule has 0 N–H and O–H groups in total. The van der Waals surface area contributed by atoms with Crippen molar-refractivity contribution in [1.29, 1.82) is 0 Å². The van der Waals surface area contributed by atoms with Crippen molar-refractivity contribution in [3.63, 3.8) is 0 Å². The number of benzene rings is 2. The third-order valence-corrected chi connectivity index (χ3v) is 4.35. The van der Waals surface area contributed by atoms with Crippen LogP contribution in [0.25, 0.3) is 0 Å². The predicted molar refractivity (Wildman–Crippen MR) is 105 cm³/mol. The van der Waals surface area contributed by atoms with Crippen LogP contribution in [0.5, 0.6) is 11.5 Å². The summed E-state index contributed by atoms with van der Waals surface area (Å²) in [5.41, 5.74) is 3.59. The molecule has 1 heterocycles. The van der Waals surface area contributed by atoms with Crippen molar-refractivity contribution in [2.24, 2.45) is 0 Å². The molecule has 0 spiro atoms. The van der Waals surface area contributed by atoms with Gasteiger partial charge in [0.15, 0.2) is 0 Å². The van der Waals surface area contributed by atoms with E-state index in [0.29, 0.717) is 0 Å². The monoisotopic (exact) mass is 348 g/mol. The van der Waals surface area contributed by atoms with Gasteiger partial charge in [0.1, 0.15) is 17.3 Å². The number of aryl methyl sites for hydroxylation is 1. The van der Waals surface area contributed by atoms with Gasteiger partial charge in [0.25, 0.3) is 0 Å². The topological polar surface area (TPSA) is 34.6 Å². The fourth-order valence-electron chi connectivity index (χ4n) is 2.92. The van der Waals surface area contributed by atoms with Crippen molar-refractivity contribution in [3.8, 4) is 11.5 Å². The number of hydrogen-bond acceptors (Lipinski definition) is 4. The lowest BCUT2D eigenvalue weighted by Crippen LogP contribution is -2.24. The largest absolute Gasteiger partial charge is 0.497 e. The van der Waals surface area contributed by atoms with Gasteiger partial charge in [-0.2, -0.15) is 0 Å². The summed E-state index contributed by atoms with van der Waals surface area (Å²) in [6.07, 6.45) is 1.84. The Morgan fingerprint density at radius 3 is 1.69 bits per heavy atom. The van der Waals surface area contributed by atoms with Gasteiger partial charge in [0.2, 0.25) is 0 Å². The molecule has 0 amide bonds. The maximum Gasteiger partial charge on any atom is 0.132 e. The standard InChI is InChI=1S/C22H24N2O2/c1-17-5-4-14-23-22(17)24(15-18-6-10-20(25-2)11-7-18)16-19-8-12-21(26-3)13-9-19/h4-14H,15-16H2,1-3H3. The van der Waals surface area contributed by atoms with Crippen molar-refractivity contribution in [3.05, 3.63) is 83.6 Å². The van der Waals surface area contributed by atoms with Gasteiger partial charge in [-0.1, -0.05) is 30.3 Å². The molecule has 0 saturated carbocycles. The third-order valence-electron chi connectivity index (χ3n) is 4.35. The molecule has 0 aliphatic rings. The number of methoxy groups -OCH3 is 2. The van der Waals surface area contributed by atoms with Crippen LogP contribution in [0.15, 0.2) is 66.9 Å². The Hall–Kier alpha value is -3.01. The SMILES string of the molecule is COc1ccc(CN(Cc2ccc(OC)cc2)c2ncccc2C)cc1. The zero-order valence-electron chi connectivity index (χ0n) is 15.5. The molecule has 4 nitrogen and oxygen atoms in total. The normalized spacial score (nSPS) is 10.4. The highest BCUT2D eigenvalue weighted by Gasteiger charge is 2.12. The summed E-state index contributed by atoms with van der Waals surface area (Å²) in [6.45, 7) is 3.64. The lowest BCUT2D eigenvalue weighted by molar-refractivity contribution is 0.414. The first-order valence-corrected chi connectivity index (χ1v) is 8.62. The van der Waals surface area contributed by atoms with Gasteiger partial charge in [0.05, 0.1) is 14.2 Å². The zero-order chi connectivity index (χ0) is 18.4. The Bertz CT molecular complexity index is 780. The van der Waals surface area contributed by atoms with Gasteiger partial charge in [-0.05, 0) is 53.9 Å². The Labute approximate surface area is 155 Å². The fourth-order valence-corrected chi connectivity index (χ4v) is 2.92. The molecule has 0 saturated heterocycles. The third kappa shape index (κ3) is 4.33. The van der Waals surface area contributed by atoms with Gasteiger partial charge in [-0.15, -0.1) is 0 Å². The van der Waals surface area contributed by atoms with Crippen LogP contribution in [0.3, 0.4) is 0 Å². The molecule has 0 bridgehead atoms. The van der Waals surface area contributed by atoms with Crippen LogP contribution in [-0.2, 0) is 13.1 Å². The van der Waals surface area contributed by atoms with Crippen LogP contribution in [0, 0.1) is 6.92 Å². The summed E-state index contributed by atoms with van der Waals surface area (Å²) in [5.74, 6) is 2.73. The lowest BCUT2D eigenvalue weighted by atomic mass is 10.1. The zero-order valence-corrected chi connectivity index (χ0v) is 15.5. The summed E-state index contributed by atoms with van der Waals surface area (Å²) in [6, 6.07) is 20.4. The Morgan fingerprint density at radius 2 is 1.27 bits per heavy atom. The average molecular weight is 348 g/mol. The number of aromatic nitrogens is 1. The maximum absolute atomic E-state index is 5.26. The average Bonchev–Trinajstić information content (AvgIpc) is 2.69. The van der Waals surface area contributed by atoms with Crippen LogP contribution in [0.4, 0.5) is 5.82 Å². The molecule has 4 heteroatoms. The van der Waals surface area contributed by atoms with E-state index in [9.17, 15) is 0 Å². The molecule has 0 unspecified atom stereocenters. The number of anilines is 1. The molecule has 3 rings (SSSR count). The number of rotatable bonds is 7. The molecule has 0 aliphatic carbocycles. The highest BCUT2D eigenvalue weighted by atomic mass is 16.5. The van der Waals surface area contributed by atoms with Crippen LogP contribution >= 0.6 is 0 Å². The Balaban J connectivity index is 1.86. The van der Waals surface area contributed by atoms with Crippen molar-refractivity contribution in [1.82, 2.24) is 4.98 Å². The maximum atomic E-state index is 5.26. The van der Waals surface area contributed by atoms with Crippen molar-refractivity contribution in [2.45, 2.75) is 20.0 Å². The van der Waals surface area contributed by atoms with Crippen molar-refractivity contribution >= 4 is 5.82 Å². The van der Waals surface area contributed by atoms with Gasteiger partial charge in [-0.25, -0.2) is 4.98 Å². The molecule has 1 aromatic heterocycles. The number of pyridine rings is 1. The molecule has 2 aromatic carbocycles. The molecule has 26 heavy (non-hydrogen) atoms. The van der Waals surface area contributed by atoms with Gasteiger partial charge in [-0.3, -0.25) is 0 Å². The Morgan fingerprint density at radius 1 is 0.769 bits per heavy atom. The van der Waals surface area contributed by atoms with E-state index in [1.807, 2.05) is 36.5 Å². The lowest BCUT2D eigenvalue weighted by Gasteiger charge is -2.25. The molecule has 3 aromatic rings. The minimum absolute atomic E-state index is 0.772. The summed E-state index contributed by atoms with van der Waals surface area (Å²) in [4.78, 5) is 6.91. The molecule has 0 atom stereocenters. The predicted octanol–water partition coefficient (Wildman–Crippen LogP) is 4.61. The number of nitrogens with zero attached hydrogens (tertiary/aromatic N) is 2. The first-order chi connectivity index (χ1) is 12.7. The highest BCUT2D eigenvalue weighted by molar-refractivity contribution is 5.47. The summed E-state index contributed by atoms with van der Waals surface area (Å²) >= 11 is 0. The van der Waals surface area contributed by atoms with Crippen LogP contribution in [0.2, 0.25) is 0 Å². The van der Waals surface area contributed by atoms with Gasteiger partial charge < -0.3 is 14.4 Å². The molecule has 0 aliphatic heterocycles. The van der Waals surface area contributed by atoms with Gasteiger partial charge >= 0.3 is 0 Å². The summed E-state index contributed by atoms with van der Waals surface area (Å²) in [5, 5.41) is 0. The second-order valence-corrected chi connectivity index (χ2v) is 6.20. The molecule has 0 radical (unpaired) electrons. The van der Waals surface area contributed by atoms with Crippen LogP contribution in [-0.4, -0.2) is 19.2 Å². The smallest absolute Gasteiger partial charge is 0.132 e. The van der Waals surface area contributed by atoms with Crippen LogP contribution in [0.1, 0.15) is 16.7 Å². The minimum Gasteiger partial charge on any atom is -0.497 e. The van der Waals surface area contributed by atoms with E-state index in [4.69, 9.17) is 9.47 Å². The second-order valence-electron chi connectivity index (χ2n) is 6.20. The first kappa shape index (κ1) is 17.8. The van der Waals surface area contributed by atoms with Crippen molar-refractivity contribution < 1.29 is 9.47 Å². The highest BCUT2D eigenvalue weighted by Crippen LogP contribution is 2.23. The van der Waals surface area contributed by atoms with E-state index in [2.05, 4.69) is 47.1 Å².